The van der Waals surface area contributed by atoms with Gasteiger partial charge in [-0.25, -0.2) is 4.98 Å². The lowest BCUT2D eigenvalue weighted by atomic mass is 10.1. The van der Waals surface area contributed by atoms with Crippen LogP contribution in [0.1, 0.15) is 42.3 Å². The van der Waals surface area contributed by atoms with E-state index in [9.17, 15) is 4.79 Å². The molecule has 1 unspecified atom stereocenters. The Morgan fingerprint density at radius 2 is 2.20 bits per heavy atom. The van der Waals surface area contributed by atoms with Gasteiger partial charge in [0, 0.05) is 19.6 Å². The Morgan fingerprint density at radius 3 is 2.85 bits per heavy atom. The maximum atomic E-state index is 12.2. The number of amides is 1. The summed E-state index contributed by atoms with van der Waals surface area (Å²) in [6, 6.07) is 0. The molecule has 1 saturated heterocycles. The highest BCUT2D eigenvalue weighted by molar-refractivity contribution is 7.18. The highest BCUT2D eigenvalue weighted by atomic mass is 32.1. The molecule has 1 saturated carbocycles. The third-order valence-electron chi connectivity index (χ3n) is 4.24. The summed E-state index contributed by atoms with van der Waals surface area (Å²) >= 11 is 1.42. The highest BCUT2D eigenvalue weighted by Gasteiger charge is 2.28. The zero-order valence-corrected chi connectivity index (χ0v) is 12.7. The van der Waals surface area contributed by atoms with Crippen molar-refractivity contribution in [1.29, 1.82) is 0 Å². The van der Waals surface area contributed by atoms with E-state index in [0.717, 1.165) is 30.7 Å². The van der Waals surface area contributed by atoms with Crippen molar-refractivity contribution >= 4 is 28.2 Å². The summed E-state index contributed by atoms with van der Waals surface area (Å²) in [4.78, 5) is 19.3. The van der Waals surface area contributed by atoms with Crippen LogP contribution in [-0.4, -0.2) is 30.5 Å². The summed E-state index contributed by atoms with van der Waals surface area (Å²) in [6.07, 6.45) is 5.00. The van der Waals surface area contributed by atoms with Gasteiger partial charge in [0.2, 0.25) is 0 Å². The molecule has 0 radical (unpaired) electrons. The maximum Gasteiger partial charge on any atom is 0.265 e. The summed E-state index contributed by atoms with van der Waals surface area (Å²) in [5, 5.41) is 3.89. The van der Waals surface area contributed by atoms with Crippen molar-refractivity contribution in [3.63, 3.8) is 0 Å². The summed E-state index contributed by atoms with van der Waals surface area (Å²) in [5.41, 5.74) is 5.90. The molecule has 3 N–H and O–H groups in total. The summed E-state index contributed by atoms with van der Waals surface area (Å²) < 4.78 is 0. The minimum Gasteiger partial charge on any atom is -0.382 e. The Morgan fingerprint density at radius 1 is 1.50 bits per heavy atom. The lowest BCUT2D eigenvalue weighted by Crippen LogP contribution is -2.28. The van der Waals surface area contributed by atoms with Crippen molar-refractivity contribution in [3.8, 4) is 0 Å². The minimum absolute atomic E-state index is 0.0713. The second-order valence-electron chi connectivity index (χ2n) is 5.93. The van der Waals surface area contributed by atoms with Crippen LogP contribution in [0.2, 0.25) is 0 Å². The van der Waals surface area contributed by atoms with Crippen molar-refractivity contribution in [2.45, 2.75) is 32.6 Å². The molecule has 1 amide bonds. The molecule has 1 aliphatic heterocycles. The number of aromatic nitrogens is 1. The standard InChI is InChI=1S/C14H22N4OS/c1-9(10-4-5-10)8-16-13(19)11-12(15)17-14(20-11)18-6-2-3-7-18/h9-10H,2-8,15H2,1H3,(H,16,19). The molecule has 2 aliphatic rings. The van der Waals surface area contributed by atoms with Gasteiger partial charge in [-0.05, 0) is 37.5 Å². The number of nitrogen functional groups attached to an aromatic ring is 1. The Kier molecular flexibility index (Phi) is 3.83. The molecule has 2 fully saturated rings. The monoisotopic (exact) mass is 294 g/mol. The third kappa shape index (κ3) is 2.90. The number of rotatable bonds is 5. The van der Waals surface area contributed by atoms with Gasteiger partial charge >= 0.3 is 0 Å². The van der Waals surface area contributed by atoms with Crippen molar-refractivity contribution < 1.29 is 4.79 Å². The van der Waals surface area contributed by atoms with E-state index in [1.54, 1.807) is 0 Å². The second kappa shape index (κ2) is 5.60. The highest BCUT2D eigenvalue weighted by Crippen LogP contribution is 2.36. The van der Waals surface area contributed by atoms with Crippen LogP contribution in [0, 0.1) is 11.8 Å². The Bertz CT molecular complexity index is 491. The van der Waals surface area contributed by atoms with E-state index in [1.165, 1.54) is 37.0 Å². The molecule has 6 heteroatoms. The molecule has 1 aromatic heterocycles. The van der Waals surface area contributed by atoms with Gasteiger partial charge in [-0.3, -0.25) is 4.79 Å². The quantitative estimate of drug-likeness (QED) is 0.872. The van der Waals surface area contributed by atoms with Crippen molar-refractivity contribution in [2.75, 3.05) is 30.3 Å². The fourth-order valence-corrected chi connectivity index (χ4v) is 3.65. The average Bonchev–Trinajstić information content (AvgIpc) is 2.99. The van der Waals surface area contributed by atoms with E-state index >= 15 is 0 Å². The molecule has 3 rings (SSSR count). The molecular weight excluding hydrogens is 272 g/mol. The first-order valence-electron chi connectivity index (χ1n) is 7.44. The number of hydrogen-bond acceptors (Lipinski definition) is 5. The van der Waals surface area contributed by atoms with E-state index in [4.69, 9.17) is 5.73 Å². The number of nitrogens with one attached hydrogen (secondary N) is 1. The number of carbonyl (C=O) groups is 1. The molecular formula is C14H22N4OS. The predicted octanol–water partition coefficient (Wildman–Crippen LogP) is 2.10. The zero-order chi connectivity index (χ0) is 14.1. The molecule has 1 aliphatic carbocycles. The molecule has 0 bridgehead atoms. The van der Waals surface area contributed by atoms with Crippen LogP contribution in [0.4, 0.5) is 10.9 Å². The van der Waals surface area contributed by atoms with Gasteiger partial charge < -0.3 is 16.0 Å². The Hall–Kier alpha value is -1.30. The van der Waals surface area contributed by atoms with Gasteiger partial charge in [-0.2, -0.15) is 0 Å². The van der Waals surface area contributed by atoms with Crippen molar-refractivity contribution in [1.82, 2.24) is 10.3 Å². The van der Waals surface area contributed by atoms with Gasteiger partial charge in [-0.1, -0.05) is 18.3 Å². The molecule has 20 heavy (non-hydrogen) atoms. The summed E-state index contributed by atoms with van der Waals surface area (Å²) in [5.74, 6) is 1.66. The number of nitrogens with zero attached hydrogens (tertiary/aromatic N) is 2. The molecule has 110 valence electrons. The van der Waals surface area contributed by atoms with E-state index in [2.05, 4.69) is 22.1 Å². The first-order chi connectivity index (χ1) is 9.65. The molecule has 0 aromatic carbocycles. The van der Waals surface area contributed by atoms with Gasteiger partial charge in [0.25, 0.3) is 5.91 Å². The Labute approximate surface area is 123 Å². The lowest BCUT2D eigenvalue weighted by molar-refractivity contribution is 0.0951. The third-order valence-corrected chi connectivity index (χ3v) is 5.37. The second-order valence-corrected chi connectivity index (χ2v) is 6.91. The van der Waals surface area contributed by atoms with Gasteiger partial charge in [0.05, 0.1) is 0 Å². The van der Waals surface area contributed by atoms with Crippen LogP contribution in [0.25, 0.3) is 0 Å². The van der Waals surface area contributed by atoms with Crippen molar-refractivity contribution in [3.05, 3.63) is 4.88 Å². The smallest absolute Gasteiger partial charge is 0.265 e. The van der Waals surface area contributed by atoms with Crippen LogP contribution in [0.3, 0.4) is 0 Å². The van der Waals surface area contributed by atoms with Crippen LogP contribution in [-0.2, 0) is 0 Å². The van der Waals surface area contributed by atoms with Crippen LogP contribution < -0.4 is 16.0 Å². The van der Waals surface area contributed by atoms with Gasteiger partial charge in [-0.15, -0.1) is 0 Å². The SMILES string of the molecule is CC(CNC(=O)c1sc(N2CCCC2)nc1N)C1CC1. The van der Waals surface area contributed by atoms with E-state index in [1.807, 2.05) is 0 Å². The van der Waals surface area contributed by atoms with Gasteiger partial charge in [0.15, 0.2) is 5.13 Å². The summed E-state index contributed by atoms with van der Waals surface area (Å²) in [6.45, 7) is 4.98. The molecule has 1 aromatic rings. The van der Waals surface area contributed by atoms with E-state index < -0.39 is 0 Å². The average molecular weight is 294 g/mol. The number of hydrogen-bond donors (Lipinski definition) is 2. The fourth-order valence-electron chi connectivity index (χ4n) is 2.69. The molecule has 0 spiro atoms. The fraction of sp³-hybridized carbons (Fsp3) is 0.714. The number of thiazole rings is 1. The number of carbonyl (C=O) groups excluding carboxylic acids is 1. The summed E-state index contributed by atoms with van der Waals surface area (Å²) in [7, 11) is 0. The first kappa shape index (κ1) is 13.7. The van der Waals surface area contributed by atoms with Crippen LogP contribution >= 0.6 is 11.3 Å². The minimum atomic E-state index is -0.0713. The van der Waals surface area contributed by atoms with E-state index in [0.29, 0.717) is 16.6 Å². The predicted molar refractivity (Wildman–Crippen MR) is 82.2 cm³/mol. The van der Waals surface area contributed by atoms with Crippen molar-refractivity contribution in [2.24, 2.45) is 11.8 Å². The van der Waals surface area contributed by atoms with E-state index in [-0.39, 0.29) is 5.91 Å². The normalized spacial score (nSPS) is 20.1. The topological polar surface area (TPSA) is 71.2 Å². The Balaban J connectivity index is 1.61. The number of anilines is 2. The zero-order valence-electron chi connectivity index (χ0n) is 11.9. The largest absolute Gasteiger partial charge is 0.382 e. The molecule has 5 nitrogen and oxygen atoms in total. The maximum absolute atomic E-state index is 12.2. The first-order valence-corrected chi connectivity index (χ1v) is 8.26. The van der Waals surface area contributed by atoms with Crippen LogP contribution in [0.5, 0.6) is 0 Å². The lowest BCUT2D eigenvalue weighted by Gasteiger charge is -2.12. The van der Waals surface area contributed by atoms with Gasteiger partial charge in [0.1, 0.15) is 10.7 Å². The number of nitrogens with two attached hydrogens (primary N) is 1. The molecule has 2 heterocycles. The van der Waals surface area contributed by atoms with Crippen LogP contribution in [0.15, 0.2) is 0 Å². The molecule has 1 atom stereocenters.